The standard InChI is InChI=1S/C34H50F2N12O2/c1-21(2)7-12-25(22-8-10-23(11-9-22)29(49)38-19-26-40-44-45(6)43-26)48-30(50)28(39-33(48)15-13-24(14-16-33)32(3,4)5)46-17-18-47-27(20-46)41-42-31(47)34(35,36)37/h8-11,21,24-25,44H,7,12-20,37H2,1-6H3,(H,38,49)(H,40,43)/t24?,25-,33?/m1/s1. The normalized spacial score (nSPS) is 23.5. The van der Waals surface area contributed by atoms with Gasteiger partial charge in [-0.3, -0.25) is 20.7 Å². The van der Waals surface area contributed by atoms with Crippen LogP contribution in [0.4, 0.5) is 8.78 Å². The van der Waals surface area contributed by atoms with Gasteiger partial charge in [-0.05, 0) is 73.5 Å². The largest absolute Gasteiger partial charge is 0.360 e. The van der Waals surface area contributed by atoms with E-state index in [2.05, 4.69) is 66.2 Å². The molecule has 0 unspecified atom stereocenters. The number of nitrogens with two attached hydrogens (primary N) is 1. The predicted molar refractivity (Wildman–Crippen MR) is 184 cm³/mol. The number of hydrazone groups is 1. The molecule has 2 aromatic rings. The highest BCUT2D eigenvalue weighted by atomic mass is 19.3. The molecule has 6 rings (SSSR count). The minimum atomic E-state index is -3.61. The van der Waals surface area contributed by atoms with Gasteiger partial charge in [-0.25, -0.2) is 10.5 Å². The quantitative estimate of drug-likeness (QED) is 0.288. The van der Waals surface area contributed by atoms with E-state index in [4.69, 9.17) is 10.7 Å². The number of hydrogen-bond acceptors (Lipinski definition) is 11. The molecular weight excluding hydrogens is 646 g/mol. The van der Waals surface area contributed by atoms with E-state index in [1.807, 2.05) is 21.9 Å². The summed E-state index contributed by atoms with van der Waals surface area (Å²) in [6.45, 7) is 11.9. The zero-order valence-corrected chi connectivity index (χ0v) is 29.8. The van der Waals surface area contributed by atoms with Crippen molar-refractivity contribution in [1.29, 1.82) is 0 Å². The molecule has 14 nitrogen and oxygen atoms in total. The molecule has 272 valence electrons. The van der Waals surface area contributed by atoms with E-state index in [9.17, 15) is 18.4 Å². The molecule has 1 aromatic heterocycles. The number of amidine groups is 2. The number of aromatic nitrogens is 3. The van der Waals surface area contributed by atoms with Crippen LogP contribution in [0.1, 0.15) is 107 Å². The zero-order chi connectivity index (χ0) is 36.0. The smallest absolute Gasteiger partial charge is 0.345 e. The summed E-state index contributed by atoms with van der Waals surface area (Å²) in [4.78, 5) is 37.0. The molecule has 4 heterocycles. The molecule has 1 saturated carbocycles. The van der Waals surface area contributed by atoms with Crippen molar-refractivity contribution in [3.63, 3.8) is 0 Å². The fourth-order valence-electron chi connectivity index (χ4n) is 7.63. The Morgan fingerprint density at radius 1 is 1.10 bits per heavy atom. The van der Waals surface area contributed by atoms with Gasteiger partial charge in [0.2, 0.25) is 5.82 Å². The average Bonchev–Trinajstić information content (AvgIpc) is 3.76. The maximum absolute atomic E-state index is 14.8. The Morgan fingerprint density at radius 3 is 2.40 bits per heavy atom. The van der Waals surface area contributed by atoms with Gasteiger partial charge in [0.15, 0.2) is 17.5 Å². The van der Waals surface area contributed by atoms with Gasteiger partial charge in [0.1, 0.15) is 5.66 Å². The SMILES string of the molecule is CC(C)CC[C@H](c1ccc(C(=O)NCC2=NNN(C)N2)cc1)N1C(=O)C(N2CCn3c(nnc3C(N)(F)F)C2)=NC12CCC(C(C)(C)C)CC2. The molecule has 2 amide bonds. The van der Waals surface area contributed by atoms with Gasteiger partial charge in [-0.2, -0.15) is 8.78 Å². The summed E-state index contributed by atoms with van der Waals surface area (Å²) in [7, 11) is 1.77. The van der Waals surface area contributed by atoms with E-state index in [1.165, 1.54) is 4.57 Å². The van der Waals surface area contributed by atoms with E-state index in [0.29, 0.717) is 41.4 Å². The molecule has 1 spiro atoms. The maximum Gasteiger partial charge on any atom is 0.360 e. The maximum atomic E-state index is 14.8. The first-order valence-electron chi connectivity index (χ1n) is 17.5. The first-order valence-corrected chi connectivity index (χ1v) is 17.5. The van der Waals surface area contributed by atoms with Crippen molar-refractivity contribution < 1.29 is 18.4 Å². The number of carbonyl (C=O) groups excluding carboxylic acids is 2. The molecular formula is C34H50F2N12O2. The number of halogens is 2. The summed E-state index contributed by atoms with van der Waals surface area (Å²) in [6.07, 6.45) is 4.89. The van der Waals surface area contributed by atoms with Crippen LogP contribution in [0.25, 0.3) is 0 Å². The summed E-state index contributed by atoms with van der Waals surface area (Å²) in [5.41, 5.74) is 11.6. The first-order chi connectivity index (χ1) is 23.6. The molecule has 1 atom stereocenters. The molecule has 1 aliphatic carbocycles. The molecule has 50 heavy (non-hydrogen) atoms. The van der Waals surface area contributed by atoms with Gasteiger partial charge in [0.05, 0.1) is 19.1 Å². The van der Waals surface area contributed by atoms with Crippen molar-refractivity contribution in [2.75, 3.05) is 20.1 Å². The second-order valence-electron chi connectivity index (χ2n) is 15.5. The molecule has 16 heteroatoms. The van der Waals surface area contributed by atoms with Crippen molar-refractivity contribution in [3.05, 3.63) is 47.0 Å². The molecule has 0 bridgehead atoms. The number of fused-ring (bicyclic) bond motifs is 1. The van der Waals surface area contributed by atoms with E-state index in [-0.39, 0.29) is 42.9 Å². The zero-order valence-electron chi connectivity index (χ0n) is 29.8. The lowest BCUT2D eigenvalue weighted by Gasteiger charge is -2.47. The Hall–Kier alpha value is -4.18. The molecule has 5 N–H and O–H groups in total. The fourth-order valence-corrected chi connectivity index (χ4v) is 7.63. The number of aliphatic imine (C=N–C) groups is 1. The van der Waals surface area contributed by atoms with Gasteiger partial charge in [0.25, 0.3) is 11.8 Å². The summed E-state index contributed by atoms with van der Waals surface area (Å²) in [6, 6.07) is 3.58. The predicted octanol–water partition coefficient (Wildman–Crippen LogP) is 3.45. The lowest BCUT2D eigenvalue weighted by molar-refractivity contribution is -0.134. The van der Waals surface area contributed by atoms with E-state index in [1.54, 1.807) is 24.3 Å². The second-order valence-corrected chi connectivity index (χ2v) is 15.5. The van der Waals surface area contributed by atoms with Crippen molar-refractivity contribution in [3.8, 4) is 0 Å². The third-order valence-electron chi connectivity index (χ3n) is 10.5. The summed E-state index contributed by atoms with van der Waals surface area (Å²) in [5, 5.41) is 16.3. The van der Waals surface area contributed by atoms with Crippen LogP contribution in [0, 0.1) is 17.3 Å². The number of hydrazine groups is 2. The Morgan fingerprint density at radius 2 is 1.80 bits per heavy atom. The number of alkyl halides is 2. The van der Waals surface area contributed by atoms with Crippen molar-refractivity contribution >= 4 is 23.5 Å². The Bertz CT molecular complexity index is 1630. The minimum absolute atomic E-state index is 0.122. The van der Waals surface area contributed by atoms with Gasteiger partial charge in [-0.1, -0.05) is 46.8 Å². The van der Waals surface area contributed by atoms with Crippen LogP contribution < -0.4 is 22.0 Å². The van der Waals surface area contributed by atoms with Crippen LogP contribution in [-0.2, 0) is 23.9 Å². The van der Waals surface area contributed by atoms with Crippen LogP contribution >= 0.6 is 0 Å². The lowest BCUT2D eigenvalue weighted by Crippen LogP contribution is -2.52. The Kier molecular flexibility index (Phi) is 9.63. The van der Waals surface area contributed by atoms with Crippen LogP contribution in [0.2, 0.25) is 0 Å². The van der Waals surface area contributed by atoms with E-state index < -0.39 is 17.5 Å². The summed E-state index contributed by atoms with van der Waals surface area (Å²) in [5.74, 6) is 1.15. The Balaban J connectivity index is 1.29. The van der Waals surface area contributed by atoms with Crippen molar-refractivity contribution in [2.45, 2.75) is 104 Å². The number of nitrogens with one attached hydrogen (secondary N) is 3. The second kappa shape index (κ2) is 13.5. The van der Waals surface area contributed by atoms with Crippen LogP contribution in [-0.4, -0.2) is 79.0 Å². The molecule has 1 aromatic carbocycles. The number of rotatable bonds is 9. The lowest BCUT2D eigenvalue weighted by atomic mass is 9.69. The highest BCUT2D eigenvalue weighted by Crippen LogP contribution is 2.50. The first kappa shape index (κ1) is 35.6. The van der Waals surface area contributed by atoms with Crippen LogP contribution in [0.15, 0.2) is 34.4 Å². The molecule has 4 aliphatic rings. The van der Waals surface area contributed by atoms with Crippen molar-refractivity contribution in [2.24, 2.45) is 33.1 Å². The average molecular weight is 697 g/mol. The van der Waals surface area contributed by atoms with E-state index >= 15 is 0 Å². The number of hydrogen-bond donors (Lipinski definition) is 4. The third kappa shape index (κ3) is 7.18. The molecule has 0 saturated heterocycles. The van der Waals surface area contributed by atoms with Gasteiger partial charge in [0, 0.05) is 25.7 Å². The number of nitrogens with zero attached hydrogens (tertiary/aromatic N) is 8. The fraction of sp³-hybridized carbons (Fsp3) is 0.647. The summed E-state index contributed by atoms with van der Waals surface area (Å²) < 4.78 is 29.4. The monoisotopic (exact) mass is 696 g/mol. The van der Waals surface area contributed by atoms with E-state index in [0.717, 1.165) is 44.1 Å². The van der Waals surface area contributed by atoms with Crippen LogP contribution in [0.5, 0.6) is 0 Å². The summed E-state index contributed by atoms with van der Waals surface area (Å²) >= 11 is 0. The third-order valence-corrected chi connectivity index (χ3v) is 10.5. The van der Waals surface area contributed by atoms with Gasteiger partial charge < -0.3 is 19.7 Å². The molecule has 3 aliphatic heterocycles. The van der Waals surface area contributed by atoms with Gasteiger partial charge >= 0.3 is 6.05 Å². The highest BCUT2D eigenvalue weighted by molar-refractivity contribution is 6.39. The number of carbonyl (C=O) groups is 2. The number of benzene rings is 1. The Labute approximate surface area is 291 Å². The van der Waals surface area contributed by atoms with Crippen molar-refractivity contribution in [1.82, 2.24) is 46.0 Å². The van der Waals surface area contributed by atoms with Gasteiger partial charge in [-0.15, -0.1) is 20.4 Å². The van der Waals surface area contributed by atoms with Crippen LogP contribution in [0.3, 0.4) is 0 Å². The molecule has 1 fully saturated rings. The molecule has 0 radical (unpaired) electrons. The minimum Gasteiger partial charge on any atom is -0.345 e. The topological polar surface area (TPSA) is 161 Å². The number of amides is 2. The highest BCUT2D eigenvalue weighted by Gasteiger charge is 2.54.